The fourth-order valence-electron chi connectivity index (χ4n) is 3.75. The summed E-state index contributed by atoms with van der Waals surface area (Å²) in [5.74, 6) is 0.0469. The number of benzene rings is 2. The van der Waals surface area contributed by atoms with Crippen molar-refractivity contribution in [1.82, 2.24) is 0 Å². The van der Waals surface area contributed by atoms with Crippen LogP contribution in [-0.4, -0.2) is 18.4 Å². The zero-order valence-corrected chi connectivity index (χ0v) is 19.8. The van der Waals surface area contributed by atoms with Gasteiger partial charge in [0.25, 0.3) is 11.8 Å². The summed E-state index contributed by atoms with van der Waals surface area (Å²) in [6.45, 7) is 4.83. The van der Waals surface area contributed by atoms with Crippen LogP contribution in [0.2, 0.25) is 0 Å². The first-order chi connectivity index (χ1) is 16.1. The largest absolute Gasteiger partial charge is 0.494 e. The lowest BCUT2D eigenvalue weighted by atomic mass is 10.1. The highest BCUT2D eigenvalue weighted by molar-refractivity contribution is 7.11. The number of carbonyl (C=O) groups is 2. The van der Waals surface area contributed by atoms with Gasteiger partial charge < -0.3 is 10.1 Å². The molecule has 0 aliphatic carbocycles. The molecule has 170 valence electrons. The number of nitrogens with one attached hydrogen (secondary N) is 1. The molecule has 4 rings (SSSR count). The second-order valence-corrected chi connectivity index (χ2v) is 8.89. The molecule has 0 bridgehead atoms. The fourth-order valence-corrected chi connectivity index (χ4v) is 4.52. The maximum atomic E-state index is 13.5. The first-order valence-electron chi connectivity index (χ1n) is 11.4. The Hall–Kier alpha value is -3.38. The number of amides is 2. The smallest absolute Gasteiger partial charge is 0.282 e. The van der Waals surface area contributed by atoms with E-state index in [1.807, 2.05) is 73.0 Å². The third-order valence-corrected chi connectivity index (χ3v) is 6.33. The number of anilines is 2. The average Bonchev–Trinajstić information content (AvgIpc) is 3.44. The monoisotopic (exact) mass is 460 g/mol. The van der Waals surface area contributed by atoms with E-state index in [9.17, 15) is 9.59 Å². The molecule has 0 atom stereocenters. The Morgan fingerprint density at radius 3 is 2.45 bits per heavy atom. The Labute approximate surface area is 198 Å². The van der Waals surface area contributed by atoms with Gasteiger partial charge in [-0.3, -0.25) is 9.59 Å². The van der Waals surface area contributed by atoms with Crippen LogP contribution in [-0.2, 0) is 16.0 Å². The summed E-state index contributed by atoms with van der Waals surface area (Å²) >= 11 is 1.44. The summed E-state index contributed by atoms with van der Waals surface area (Å²) < 4.78 is 5.72. The molecule has 0 spiro atoms. The van der Waals surface area contributed by atoms with Crippen LogP contribution in [0.4, 0.5) is 11.4 Å². The zero-order chi connectivity index (χ0) is 23.2. The van der Waals surface area contributed by atoms with Crippen molar-refractivity contribution in [2.45, 2.75) is 39.5 Å². The fraction of sp³-hybridized carbons (Fsp3) is 0.259. The zero-order valence-electron chi connectivity index (χ0n) is 19.0. The lowest BCUT2D eigenvalue weighted by Crippen LogP contribution is -2.32. The predicted molar refractivity (Wildman–Crippen MR) is 135 cm³/mol. The van der Waals surface area contributed by atoms with Gasteiger partial charge in [0.1, 0.15) is 11.4 Å². The molecule has 0 radical (unpaired) electrons. The number of imide groups is 1. The van der Waals surface area contributed by atoms with Gasteiger partial charge in [-0.1, -0.05) is 44.5 Å². The molecule has 0 unspecified atom stereocenters. The van der Waals surface area contributed by atoms with Crippen LogP contribution in [0, 0.1) is 0 Å². The highest BCUT2D eigenvalue weighted by Crippen LogP contribution is 2.36. The Bertz CT molecular complexity index is 1150. The average molecular weight is 461 g/mol. The van der Waals surface area contributed by atoms with Crippen molar-refractivity contribution in [1.29, 1.82) is 0 Å². The molecular weight excluding hydrogens is 432 g/mol. The van der Waals surface area contributed by atoms with Crippen molar-refractivity contribution in [2.24, 2.45) is 0 Å². The van der Waals surface area contributed by atoms with E-state index in [4.69, 9.17) is 4.74 Å². The van der Waals surface area contributed by atoms with E-state index in [-0.39, 0.29) is 17.5 Å². The van der Waals surface area contributed by atoms with Crippen LogP contribution in [0.5, 0.6) is 5.75 Å². The SMILES string of the molecule is CCCCc1ccc(N2C(=O)C(Nc3cccc(OCCC)c3)=C(c3cccs3)C2=O)cc1. The standard InChI is InChI=1S/C27H28N2O3S/c1-3-5-8-19-12-14-21(15-13-19)29-26(30)24(23-11-7-17-33-23)25(27(29)31)28-20-9-6-10-22(18-20)32-16-4-2/h6-7,9-15,17-18,28H,3-5,8,16H2,1-2H3. The van der Waals surface area contributed by atoms with Crippen LogP contribution in [0.15, 0.2) is 71.7 Å². The molecule has 0 saturated heterocycles. The Balaban J connectivity index is 1.65. The van der Waals surface area contributed by atoms with Gasteiger partial charge in [0.05, 0.1) is 17.9 Å². The van der Waals surface area contributed by atoms with Gasteiger partial charge >= 0.3 is 0 Å². The maximum Gasteiger partial charge on any atom is 0.282 e. The first-order valence-corrected chi connectivity index (χ1v) is 12.3. The minimum atomic E-state index is -0.357. The number of aryl methyl sites for hydroxylation is 1. The lowest BCUT2D eigenvalue weighted by molar-refractivity contribution is -0.120. The van der Waals surface area contributed by atoms with E-state index >= 15 is 0 Å². The van der Waals surface area contributed by atoms with E-state index in [1.165, 1.54) is 21.8 Å². The molecule has 2 heterocycles. The number of hydrogen-bond donors (Lipinski definition) is 1. The van der Waals surface area contributed by atoms with Gasteiger partial charge in [0.15, 0.2) is 0 Å². The van der Waals surface area contributed by atoms with E-state index in [2.05, 4.69) is 12.2 Å². The Morgan fingerprint density at radius 1 is 0.939 bits per heavy atom. The summed E-state index contributed by atoms with van der Waals surface area (Å²) in [5, 5.41) is 5.11. The van der Waals surface area contributed by atoms with Crippen molar-refractivity contribution >= 4 is 40.1 Å². The topological polar surface area (TPSA) is 58.6 Å². The second-order valence-electron chi connectivity index (χ2n) is 7.94. The van der Waals surface area contributed by atoms with E-state index in [0.717, 1.165) is 36.3 Å². The van der Waals surface area contributed by atoms with Gasteiger partial charge in [-0.2, -0.15) is 0 Å². The molecule has 3 aromatic rings. The third kappa shape index (κ3) is 5.01. The molecule has 1 aromatic heterocycles. The summed E-state index contributed by atoms with van der Waals surface area (Å²) in [4.78, 5) is 29.0. The van der Waals surface area contributed by atoms with Crippen LogP contribution in [0.25, 0.3) is 5.57 Å². The molecule has 1 aliphatic heterocycles. The molecule has 6 heteroatoms. The molecule has 2 aromatic carbocycles. The number of hydrogen-bond acceptors (Lipinski definition) is 5. The molecule has 2 amide bonds. The van der Waals surface area contributed by atoms with Gasteiger partial charge in [-0.05, 0) is 60.5 Å². The van der Waals surface area contributed by atoms with Crippen molar-refractivity contribution < 1.29 is 14.3 Å². The van der Waals surface area contributed by atoms with Crippen molar-refractivity contribution in [2.75, 3.05) is 16.8 Å². The minimum absolute atomic E-state index is 0.283. The summed E-state index contributed by atoms with van der Waals surface area (Å²) in [7, 11) is 0. The third-order valence-electron chi connectivity index (χ3n) is 5.44. The number of thiophene rings is 1. The van der Waals surface area contributed by atoms with Crippen LogP contribution in [0.1, 0.15) is 43.6 Å². The highest BCUT2D eigenvalue weighted by atomic mass is 32.1. The van der Waals surface area contributed by atoms with Crippen LogP contribution >= 0.6 is 11.3 Å². The summed E-state index contributed by atoms with van der Waals surface area (Å²) in [6.07, 6.45) is 4.13. The normalized spacial score (nSPS) is 13.7. The summed E-state index contributed by atoms with van der Waals surface area (Å²) in [6, 6.07) is 18.9. The number of rotatable bonds is 10. The second kappa shape index (κ2) is 10.5. The number of ether oxygens (including phenoxy) is 1. The van der Waals surface area contributed by atoms with Gasteiger partial charge in [-0.25, -0.2) is 4.90 Å². The van der Waals surface area contributed by atoms with Crippen molar-refractivity contribution in [3.8, 4) is 5.75 Å². The maximum absolute atomic E-state index is 13.5. The quantitative estimate of drug-likeness (QED) is 0.362. The molecule has 1 aliphatic rings. The van der Waals surface area contributed by atoms with E-state index in [1.54, 1.807) is 0 Å². The number of unbranched alkanes of at least 4 members (excludes halogenated alkanes) is 1. The number of carbonyl (C=O) groups excluding carboxylic acids is 2. The highest BCUT2D eigenvalue weighted by Gasteiger charge is 2.40. The molecular formula is C27H28N2O3S. The van der Waals surface area contributed by atoms with Gasteiger partial charge in [-0.15, -0.1) is 11.3 Å². The lowest BCUT2D eigenvalue weighted by Gasteiger charge is -2.16. The van der Waals surface area contributed by atoms with Crippen molar-refractivity contribution in [3.63, 3.8) is 0 Å². The van der Waals surface area contributed by atoms with Gasteiger partial charge in [0, 0.05) is 16.6 Å². The molecule has 5 nitrogen and oxygen atoms in total. The van der Waals surface area contributed by atoms with E-state index < -0.39 is 0 Å². The predicted octanol–water partition coefficient (Wildman–Crippen LogP) is 6.28. The van der Waals surface area contributed by atoms with E-state index in [0.29, 0.717) is 23.6 Å². The Kier molecular flexibility index (Phi) is 7.25. The summed E-state index contributed by atoms with van der Waals surface area (Å²) in [5.41, 5.74) is 3.16. The van der Waals surface area contributed by atoms with Gasteiger partial charge in [0.2, 0.25) is 0 Å². The van der Waals surface area contributed by atoms with Crippen molar-refractivity contribution in [3.05, 3.63) is 82.2 Å². The minimum Gasteiger partial charge on any atom is -0.494 e. The molecule has 0 saturated carbocycles. The first kappa shape index (κ1) is 22.8. The number of nitrogens with zero attached hydrogens (tertiary/aromatic N) is 1. The van der Waals surface area contributed by atoms with Crippen LogP contribution in [0.3, 0.4) is 0 Å². The Morgan fingerprint density at radius 2 is 1.76 bits per heavy atom. The molecule has 0 fully saturated rings. The van der Waals surface area contributed by atoms with Crippen LogP contribution < -0.4 is 15.0 Å². The molecule has 1 N–H and O–H groups in total. The molecule has 33 heavy (non-hydrogen) atoms.